The van der Waals surface area contributed by atoms with Crippen LogP contribution in [0.4, 0.5) is 15.9 Å². The van der Waals surface area contributed by atoms with Crippen molar-refractivity contribution in [3.05, 3.63) is 41.7 Å². The number of likely N-dealkylation sites (tertiary alicyclic amines) is 1. The van der Waals surface area contributed by atoms with E-state index in [1.165, 1.54) is 12.4 Å². The lowest BCUT2D eigenvalue weighted by Crippen LogP contribution is -2.56. The minimum Gasteiger partial charge on any atom is -0.382 e. The number of carbonyl (C=O) groups excluding carboxylic acids is 1. The van der Waals surface area contributed by atoms with Crippen LogP contribution in [-0.4, -0.2) is 80.3 Å². The number of nitrogens with zero attached hydrogens (tertiary/aromatic N) is 6. The Morgan fingerprint density at radius 3 is 2.67 bits per heavy atom. The highest BCUT2D eigenvalue weighted by atomic mass is 19.1. The summed E-state index contributed by atoms with van der Waals surface area (Å²) in [7, 11) is 0. The number of carbonyl (C=O) groups is 1. The normalized spacial score (nSPS) is 27.0. The third kappa shape index (κ3) is 4.60. The maximum atomic E-state index is 15.7. The minimum absolute atomic E-state index is 0.104. The Morgan fingerprint density at radius 1 is 1.10 bits per heavy atom. The molecule has 0 radical (unpaired) electrons. The Labute approximate surface area is 225 Å². The molecule has 1 aromatic carbocycles. The van der Waals surface area contributed by atoms with Crippen molar-refractivity contribution in [2.75, 3.05) is 36.8 Å². The number of anilines is 2. The van der Waals surface area contributed by atoms with Crippen LogP contribution in [0, 0.1) is 5.82 Å². The molecule has 2 unspecified atom stereocenters. The second-order valence-electron chi connectivity index (χ2n) is 11.6. The standard InChI is InChI=1S/C27H34FN9O2/c28-21-5-6-22(36-8-7-27(30,13-36)26(38)34-16-1-2-16)20(12-37-15-33-23-24(29)31-14-32-25(23)37)19(21)11-35-9-17-3-4-18(10-35)39-17/h5-6,14-18H,1-4,7-13,30H2,(H,34,38)(H2,29,31,32)/t17?,18?,27-/m1/s1. The molecule has 0 spiro atoms. The van der Waals surface area contributed by atoms with E-state index in [9.17, 15) is 4.79 Å². The van der Waals surface area contributed by atoms with Gasteiger partial charge in [0.15, 0.2) is 11.5 Å². The van der Waals surface area contributed by atoms with Crippen molar-refractivity contribution in [2.24, 2.45) is 5.73 Å². The molecule has 12 heteroatoms. The zero-order valence-corrected chi connectivity index (χ0v) is 21.9. The van der Waals surface area contributed by atoms with E-state index in [-0.39, 0.29) is 30.0 Å². The average Bonchev–Trinajstić information content (AvgIpc) is 3.32. The van der Waals surface area contributed by atoms with E-state index in [0.717, 1.165) is 50.0 Å². The van der Waals surface area contributed by atoms with E-state index in [0.29, 0.717) is 55.1 Å². The number of aromatic nitrogens is 4. The van der Waals surface area contributed by atoms with E-state index in [1.807, 2.05) is 10.6 Å². The van der Waals surface area contributed by atoms with Crippen molar-refractivity contribution in [1.29, 1.82) is 0 Å². The third-order valence-electron chi connectivity index (χ3n) is 8.61. The fraction of sp³-hybridized carbons (Fsp3) is 0.556. The first-order chi connectivity index (χ1) is 18.9. The summed E-state index contributed by atoms with van der Waals surface area (Å²) >= 11 is 0. The van der Waals surface area contributed by atoms with Gasteiger partial charge in [-0.2, -0.15) is 0 Å². The number of ether oxygens (including phenoxy) is 1. The molecule has 3 saturated heterocycles. The second kappa shape index (κ2) is 9.39. The summed E-state index contributed by atoms with van der Waals surface area (Å²) in [4.78, 5) is 30.3. The molecule has 1 aliphatic carbocycles. The Morgan fingerprint density at radius 2 is 1.90 bits per heavy atom. The lowest BCUT2D eigenvalue weighted by Gasteiger charge is -2.33. The molecule has 4 fully saturated rings. The van der Waals surface area contributed by atoms with E-state index in [4.69, 9.17) is 16.2 Å². The van der Waals surface area contributed by atoms with Gasteiger partial charge in [-0.3, -0.25) is 9.69 Å². The molecule has 2 bridgehead atoms. The van der Waals surface area contributed by atoms with Gasteiger partial charge in [-0.15, -0.1) is 0 Å². The largest absolute Gasteiger partial charge is 0.382 e. The molecule has 3 aromatic rings. The summed E-state index contributed by atoms with van der Waals surface area (Å²) in [5.74, 6) is -0.0554. The Balaban J connectivity index is 1.25. The molecular weight excluding hydrogens is 501 g/mol. The molecule has 5 heterocycles. The van der Waals surface area contributed by atoms with Crippen molar-refractivity contribution in [2.45, 2.75) is 69.0 Å². The lowest BCUT2D eigenvalue weighted by atomic mass is 9.98. The number of fused-ring (bicyclic) bond motifs is 3. The molecule has 3 atom stereocenters. The molecule has 1 amide bonds. The Kier molecular flexibility index (Phi) is 5.94. The average molecular weight is 536 g/mol. The van der Waals surface area contributed by atoms with Crippen LogP contribution in [0.25, 0.3) is 11.2 Å². The first-order valence-electron chi connectivity index (χ1n) is 13.8. The number of halogens is 1. The Hall–Kier alpha value is -3.35. The quantitative estimate of drug-likeness (QED) is 0.406. The summed E-state index contributed by atoms with van der Waals surface area (Å²) < 4.78 is 23.6. The fourth-order valence-electron chi connectivity index (χ4n) is 6.31. The lowest BCUT2D eigenvalue weighted by molar-refractivity contribution is -0.125. The van der Waals surface area contributed by atoms with Crippen LogP contribution in [0.5, 0.6) is 0 Å². The highest BCUT2D eigenvalue weighted by Gasteiger charge is 2.43. The third-order valence-corrected chi connectivity index (χ3v) is 8.61. The number of morpholine rings is 1. The second-order valence-corrected chi connectivity index (χ2v) is 11.6. The topological polar surface area (TPSA) is 140 Å². The summed E-state index contributed by atoms with van der Waals surface area (Å²) in [6, 6.07) is 3.59. The number of nitrogens with two attached hydrogens (primary N) is 2. The number of rotatable bonds is 7. The monoisotopic (exact) mass is 535 g/mol. The number of nitrogens with one attached hydrogen (secondary N) is 1. The summed E-state index contributed by atoms with van der Waals surface area (Å²) in [6.45, 7) is 3.36. The van der Waals surface area contributed by atoms with Crippen molar-refractivity contribution < 1.29 is 13.9 Å². The predicted molar refractivity (Wildman–Crippen MR) is 143 cm³/mol. The van der Waals surface area contributed by atoms with E-state index >= 15 is 4.39 Å². The van der Waals surface area contributed by atoms with Gasteiger partial charge >= 0.3 is 0 Å². The van der Waals surface area contributed by atoms with E-state index in [1.54, 1.807) is 6.33 Å². The molecule has 39 heavy (non-hydrogen) atoms. The van der Waals surface area contributed by atoms with Crippen molar-refractivity contribution in [3.8, 4) is 0 Å². The molecule has 3 aliphatic heterocycles. The van der Waals surface area contributed by atoms with Gasteiger partial charge in [-0.05, 0) is 44.2 Å². The number of hydrogen-bond acceptors (Lipinski definition) is 9. The van der Waals surface area contributed by atoms with E-state index in [2.05, 4.69) is 30.1 Å². The Bertz CT molecular complexity index is 1410. The van der Waals surface area contributed by atoms with Gasteiger partial charge in [0, 0.05) is 55.6 Å². The summed E-state index contributed by atoms with van der Waals surface area (Å²) in [6.07, 6.45) is 8.14. The molecule has 5 N–H and O–H groups in total. The van der Waals surface area contributed by atoms with Crippen LogP contribution in [0.1, 0.15) is 43.2 Å². The van der Waals surface area contributed by atoms with Crippen LogP contribution in [-0.2, 0) is 22.6 Å². The zero-order chi connectivity index (χ0) is 26.7. The fourth-order valence-corrected chi connectivity index (χ4v) is 6.31. The number of benzene rings is 1. The molecule has 4 aliphatic rings. The van der Waals surface area contributed by atoms with Crippen LogP contribution in [0.3, 0.4) is 0 Å². The van der Waals surface area contributed by atoms with Crippen LogP contribution in [0.2, 0.25) is 0 Å². The zero-order valence-electron chi connectivity index (χ0n) is 21.9. The van der Waals surface area contributed by atoms with Crippen LogP contribution in [0.15, 0.2) is 24.8 Å². The van der Waals surface area contributed by atoms with Gasteiger partial charge in [0.2, 0.25) is 5.91 Å². The van der Waals surface area contributed by atoms with Gasteiger partial charge in [0.1, 0.15) is 23.2 Å². The summed E-state index contributed by atoms with van der Waals surface area (Å²) in [5, 5.41) is 3.07. The van der Waals surface area contributed by atoms with Crippen LogP contribution < -0.4 is 21.7 Å². The first kappa shape index (κ1) is 24.7. The van der Waals surface area contributed by atoms with Gasteiger partial charge in [0.25, 0.3) is 0 Å². The SMILES string of the molecule is Nc1ncnc2c1ncn2Cc1c(N2CC[C@](N)(C(=O)NC3CC3)C2)ccc(F)c1CN1CC2CCC(C1)O2. The van der Waals surface area contributed by atoms with Gasteiger partial charge < -0.3 is 31.0 Å². The smallest absolute Gasteiger partial charge is 0.242 e. The van der Waals surface area contributed by atoms with Gasteiger partial charge in [0.05, 0.1) is 25.1 Å². The minimum atomic E-state index is -0.985. The van der Waals surface area contributed by atoms with Crippen molar-refractivity contribution in [3.63, 3.8) is 0 Å². The number of amides is 1. The number of imidazole rings is 1. The molecular formula is C27H34FN9O2. The number of nitrogen functional groups attached to an aromatic ring is 1. The molecule has 1 saturated carbocycles. The number of hydrogen-bond donors (Lipinski definition) is 3. The predicted octanol–water partition coefficient (Wildman–Crippen LogP) is 1.15. The first-order valence-corrected chi connectivity index (χ1v) is 13.8. The molecule has 7 rings (SSSR count). The molecule has 206 valence electrons. The van der Waals surface area contributed by atoms with Crippen LogP contribution >= 0.6 is 0 Å². The summed E-state index contributed by atoms with van der Waals surface area (Å²) in [5.41, 5.74) is 15.1. The highest BCUT2D eigenvalue weighted by molar-refractivity contribution is 5.88. The van der Waals surface area contributed by atoms with Crippen molar-refractivity contribution >= 4 is 28.6 Å². The van der Waals surface area contributed by atoms with Gasteiger partial charge in [-0.1, -0.05) is 0 Å². The maximum absolute atomic E-state index is 15.7. The van der Waals surface area contributed by atoms with Gasteiger partial charge in [-0.25, -0.2) is 19.3 Å². The van der Waals surface area contributed by atoms with Crippen molar-refractivity contribution in [1.82, 2.24) is 29.7 Å². The maximum Gasteiger partial charge on any atom is 0.242 e. The molecule has 2 aromatic heterocycles. The van der Waals surface area contributed by atoms with E-state index < -0.39 is 5.54 Å². The highest BCUT2D eigenvalue weighted by Crippen LogP contribution is 2.35. The molecule has 11 nitrogen and oxygen atoms in total.